The number of nitrogens with zero attached hydrogens (tertiary/aromatic N) is 3. The SMILES string of the molecule is COc1ccccc1OC(C)C(=O)N1CCC(c2nc(-c3nccs3)cc(=O)[nH]2)CC1. The average molecular weight is 441 g/mol. The van der Waals surface area contributed by atoms with E-state index in [1.807, 2.05) is 17.5 Å². The Balaban J connectivity index is 1.39. The largest absolute Gasteiger partial charge is 0.493 e. The van der Waals surface area contributed by atoms with Gasteiger partial charge in [0.1, 0.15) is 16.5 Å². The van der Waals surface area contributed by atoms with Gasteiger partial charge in [-0.25, -0.2) is 9.97 Å². The first-order chi connectivity index (χ1) is 15.0. The maximum absolute atomic E-state index is 12.9. The van der Waals surface area contributed by atoms with Gasteiger partial charge in [-0.2, -0.15) is 0 Å². The number of rotatable bonds is 6. The Hall–Kier alpha value is -3.20. The quantitative estimate of drug-likeness (QED) is 0.633. The summed E-state index contributed by atoms with van der Waals surface area (Å²) in [5.74, 6) is 1.81. The minimum Gasteiger partial charge on any atom is -0.493 e. The number of carbonyl (C=O) groups excluding carboxylic acids is 1. The molecule has 0 radical (unpaired) electrons. The van der Waals surface area contributed by atoms with Gasteiger partial charge in [0.15, 0.2) is 17.6 Å². The summed E-state index contributed by atoms with van der Waals surface area (Å²) in [5.41, 5.74) is 0.402. The Bertz CT molecular complexity index is 1090. The van der Waals surface area contributed by atoms with Crippen LogP contribution in [0.5, 0.6) is 11.5 Å². The van der Waals surface area contributed by atoms with Crippen molar-refractivity contribution in [1.29, 1.82) is 0 Å². The maximum atomic E-state index is 12.9. The number of thiazole rings is 1. The number of aromatic amines is 1. The highest BCUT2D eigenvalue weighted by atomic mass is 32.1. The van der Waals surface area contributed by atoms with Crippen molar-refractivity contribution < 1.29 is 14.3 Å². The van der Waals surface area contributed by atoms with Gasteiger partial charge in [-0.05, 0) is 31.9 Å². The molecule has 1 fully saturated rings. The minimum atomic E-state index is -0.626. The van der Waals surface area contributed by atoms with E-state index < -0.39 is 6.10 Å². The van der Waals surface area contributed by atoms with Crippen LogP contribution in [0.4, 0.5) is 0 Å². The molecule has 1 atom stereocenters. The predicted molar refractivity (Wildman–Crippen MR) is 118 cm³/mol. The molecule has 0 spiro atoms. The molecule has 1 saturated heterocycles. The number of methoxy groups -OCH3 is 1. The fraction of sp³-hybridized carbons (Fsp3) is 0.364. The van der Waals surface area contributed by atoms with Gasteiger partial charge in [-0.1, -0.05) is 12.1 Å². The van der Waals surface area contributed by atoms with E-state index in [0.717, 1.165) is 17.8 Å². The lowest BCUT2D eigenvalue weighted by Crippen LogP contribution is -2.44. The van der Waals surface area contributed by atoms with Crippen LogP contribution in [0.2, 0.25) is 0 Å². The van der Waals surface area contributed by atoms with Crippen LogP contribution in [0, 0.1) is 0 Å². The van der Waals surface area contributed by atoms with Crippen LogP contribution >= 0.6 is 11.3 Å². The second kappa shape index (κ2) is 9.30. The van der Waals surface area contributed by atoms with Gasteiger partial charge in [0.25, 0.3) is 11.5 Å². The number of hydrogen-bond acceptors (Lipinski definition) is 7. The molecule has 0 bridgehead atoms. The molecule has 8 nitrogen and oxygen atoms in total. The summed E-state index contributed by atoms with van der Waals surface area (Å²) in [6, 6.07) is 8.74. The number of hydrogen-bond donors (Lipinski definition) is 1. The van der Waals surface area contributed by atoms with Crippen LogP contribution in [0.25, 0.3) is 10.7 Å². The van der Waals surface area contributed by atoms with Crippen LogP contribution in [0.15, 0.2) is 46.7 Å². The van der Waals surface area contributed by atoms with Crippen LogP contribution in [0.1, 0.15) is 31.5 Å². The molecule has 3 heterocycles. The number of likely N-dealkylation sites (tertiary alicyclic amines) is 1. The first kappa shape index (κ1) is 21.0. The molecule has 31 heavy (non-hydrogen) atoms. The zero-order chi connectivity index (χ0) is 21.8. The van der Waals surface area contributed by atoms with Crippen molar-refractivity contribution in [1.82, 2.24) is 19.9 Å². The van der Waals surface area contributed by atoms with Crippen molar-refractivity contribution in [2.75, 3.05) is 20.2 Å². The molecular formula is C22H24N4O4S. The topological polar surface area (TPSA) is 97.4 Å². The fourth-order valence-corrected chi connectivity index (χ4v) is 4.31. The average Bonchev–Trinajstić information content (AvgIpc) is 3.34. The molecule has 2 aromatic heterocycles. The van der Waals surface area contributed by atoms with E-state index in [1.165, 1.54) is 17.4 Å². The van der Waals surface area contributed by atoms with Crippen molar-refractivity contribution in [2.24, 2.45) is 0 Å². The second-order valence-electron chi connectivity index (χ2n) is 7.36. The normalized spacial score (nSPS) is 15.5. The summed E-state index contributed by atoms with van der Waals surface area (Å²) in [7, 11) is 1.57. The van der Waals surface area contributed by atoms with Gasteiger partial charge in [0.2, 0.25) is 0 Å². The lowest BCUT2D eigenvalue weighted by Gasteiger charge is -2.33. The Labute approximate surface area is 183 Å². The van der Waals surface area contributed by atoms with E-state index in [9.17, 15) is 9.59 Å². The highest BCUT2D eigenvalue weighted by molar-refractivity contribution is 7.13. The van der Waals surface area contributed by atoms with Crippen molar-refractivity contribution >= 4 is 17.2 Å². The standard InChI is InChI=1S/C22H24N4O4S/c1-14(30-18-6-4-3-5-17(18)29-2)22(28)26-10-7-15(8-11-26)20-24-16(13-19(27)25-20)21-23-9-12-31-21/h3-6,9,12-15H,7-8,10-11H2,1-2H3,(H,24,25,27). The number of ether oxygens (including phenoxy) is 2. The number of H-pyrrole nitrogens is 1. The Kier molecular flexibility index (Phi) is 6.31. The van der Waals surface area contributed by atoms with Gasteiger partial charge in [-0.3, -0.25) is 9.59 Å². The minimum absolute atomic E-state index is 0.0673. The monoisotopic (exact) mass is 440 g/mol. The molecule has 0 aliphatic carbocycles. The van der Waals surface area contributed by atoms with E-state index >= 15 is 0 Å². The molecule has 4 rings (SSSR count). The molecule has 1 unspecified atom stereocenters. The second-order valence-corrected chi connectivity index (χ2v) is 8.26. The maximum Gasteiger partial charge on any atom is 0.263 e. The Morgan fingerprint density at radius 1 is 1.26 bits per heavy atom. The Morgan fingerprint density at radius 3 is 2.68 bits per heavy atom. The zero-order valence-corrected chi connectivity index (χ0v) is 18.2. The number of aromatic nitrogens is 3. The van der Waals surface area contributed by atoms with Crippen molar-refractivity contribution in [3.63, 3.8) is 0 Å². The summed E-state index contributed by atoms with van der Waals surface area (Å²) in [4.78, 5) is 38.6. The third-order valence-corrected chi connectivity index (χ3v) is 6.12. The van der Waals surface area contributed by atoms with E-state index in [0.29, 0.717) is 36.1 Å². The summed E-state index contributed by atoms with van der Waals surface area (Å²) in [6.07, 6.45) is 2.51. The van der Waals surface area contributed by atoms with Gasteiger partial charge in [0, 0.05) is 36.7 Å². The fourth-order valence-electron chi connectivity index (χ4n) is 3.72. The highest BCUT2D eigenvalue weighted by Gasteiger charge is 2.29. The van der Waals surface area contributed by atoms with E-state index in [1.54, 1.807) is 37.3 Å². The molecule has 1 aliphatic heterocycles. The molecular weight excluding hydrogens is 416 g/mol. The predicted octanol–water partition coefficient (Wildman–Crippen LogP) is 3.08. The van der Waals surface area contributed by atoms with E-state index in [4.69, 9.17) is 9.47 Å². The van der Waals surface area contributed by atoms with Crippen LogP contribution in [0.3, 0.4) is 0 Å². The lowest BCUT2D eigenvalue weighted by atomic mass is 9.95. The van der Waals surface area contributed by atoms with Crippen molar-refractivity contribution in [3.05, 3.63) is 58.1 Å². The molecule has 3 aromatic rings. The molecule has 9 heteroatoms. The molecule has 1 N–H and O–H groups in total. The summed E-state index contributed by atoms with van der Waals surface area (Å²) < 4.78 is 11.1. The third-order valence-electron chi connectivity index (χ3n) is 5.33. The van der Waals surface area contributed by atoms with Gasteiger partial charge in [0.05, 0.1) is 7.11 Å². The zero-order valence-electron chi connectivity index (χ0n) is 17.4. The van der Waals surface area contributed by atoms with Gasteiger partial charge >= 0.3 is 0 Å². The first-order valence-electron chi connectivity index (χ1n) is 10.1. The number of para-hydroxylation sites is 2. The van der Waals surface area contributed by atoms with Gasteiger partial charge in [-0.15, -0.1) is 11.3 Å². The van der Waals surface area contributed by atoms with E-state index in [2.05, 4.69) is 15.0 Å². The number of benzene rings is 1. The number of carbonyl (C=O) groups is 1. The summed E-state index contributed by atoms with van der Waals surface area (Å²) in [5, 5.41) is 2.58. The molecule has 1 aromatic carbocycles. The molecule has 1 aliphatic rings. The Morgan fingerprint density at radius 2 is 2.00 bits per heavy atom. The van der Waals surface area contributed by atoms with Crippen LogP contribution in [-0.4, -0.2) is 52.1 Å². The number of amides is 1. The summed E-state index contributed by atoms with van der Waals surface area (Å²) >= 11 is 1.45. The van der Waals surface area contributed by atoms with Crippen molar-refractivity contribution in [2.45, 2.75) is 31.8 Å². The van der Waals surface area contributed by atoms with E-state index in [-0.39, 0.29) is 17.4 Å². The molecule has 1 amide bonds. The summed E-state index contributed by atoms with van der Waals surface area (Å²) in [6.45, 7) is 2.90. The number of nitrogens with one attached hydrogen (secondary N) is 1. The first-order valence-corrected chi connectivity index (χ1v) is 11.0. The van der Waals surface area contributed by atoms with Crippen LogP contribution in [-0.2, 0) is 4.79 Å². The highest BCUT2D eigenvalue weighted by Crippen LogP contribution is 2.29. The lowest BCUT2D eigenvalue weighted by molar-refractivity contribution is -0.139. The number of piperidine rings is 1. The van der Waals surface area contributed by atoms with Crippen molar-refractivity contribution in [3.8, 4) is 22.2 Å². The van der Waals surface area contributed by atoms with Gasteiger partial charge < -0.3 is 19.4 Å². The third kappa shape index (κ3) is 4.77. The molecule has 0 saturated carbocycles. The van der Waals surface area contributed by atoms with Crippen LogP contribution < -0.4 is 15.0 Å². The molecule has 162 valence electrons. The smallest absolute Gasteiger partial charge is 0.263 e.